The molecule has 0 aliphatic heterocycles. The Morgan fingerprint density at radius 1 is 1.40 bits per heavy atom. The number of H-pyrrole nitrogens is 1. The van der Waals surface area contributed by atoms with E-state index in [-0.39, 0.29) is 21.2 Å². The van der Waals surface area contributed by atoms with E-state index in [4.69, 9.17) is 5.11 Å². The van der Waals surface area contributed by atoms with Gasteiger partial charge in [-0.3, -0.25) is 9.52 Å². The molecule has 0 spiro atoms. The zero-order valence-electron chi connectivity index (χ0n) is 10.2. The highest BCUT2D eigenvalue weighted by Crippen LogP contribution is 2.20. The average molecular weight is 314 g/mol. The molecule has 0 aliphatic carbocycles. The topological polar surface area (TPSA) is 116 Å². The number of carbonyl (C=O) groups is 1. The third-order valence-corrected chi connectivity index (χ3v) is 5.37. The fourth-order valence-corrected chi connectivity index (χ4v) is 3.92. The number of hydrogen-bond donors (Lipinski definition) is 3. The van der Waals surface area contributed by atoms with Crippen LogP contribution in [-0.4, -0.2) is 24.5 Å². The lowest BCUT2D eigenvalue weighted by molar-refractivity contribution is 0.0697. The first-order chi connectivity index (χ1) is 9.29. The van der Waals surface area contributed by atoms with Crippen LogP contribution in [0.4, 0.5) is 5.69 Å². The van der Waals surface area contributed by atoms with Crippen molar-refractivity contribution in [1.29, 1.82) is 0 Å². The molecule has 0 unspecified atom stereocenters. The van der Waals surface area contributed by atoms with E-state index in [1.54, 1.807) is 0 Å². The SMILES string of the molecule is Cc1[nH]c(=O)sc1S(=O)(=O)Nc1cccc(C(=O)O)c1. The van der Waals surface area contributed by atoms with Crippen molar-refractivity contribution in [2.24, 2.45) is 0 Å². The summed E-state index contributed by atoms with van der Waals surface area (Å²) >= 11 is 0.573. The van der Waals surface area contributed by atoms with Crippen molar-refractivity contribution < 1.29 is 18.3 Å². The molecule has 1 aromatic heterocycles. The third kappa shape index (κ3) is 2.89. The number of aromatic amines is 1. The Kier molecular flexibility index (Phi) is 3.64. The van der Waals surface area contributed by atoms with Crippen LogP contribution < -0.4 is 9.60 Å². The Balaban J connectivity index is 2.38. The molecule has 20 heavy (non-hydrogen) atoms. The molecule has 0 saturated heterocycles. The number of carboxylic acids is 1. The number of sulfonamides is 1. The summed E-state index contributed by atoms with van der Waals surface area (Å²) in [5.41, 5.74) is 0.316. The second-order valence-corrected chi connectivity index (χ2v) is 6.78. The Hall–Kier alpha value is -2.13. The summed E-state index contributed by atoms with van der Waals surface area (Å²) in [5, 5.41) is 8.85. The normalized spacial score (nSPS) is 11.2. The Bertz CT molecular complexity index is 819. The summed E-state index contributed by atoms with van der Waals surface area (Å²) in [6.07, 6.45) is 0. The first-order valence-corrected chi connectivity index (χ1v) is 7.65. The number of aromatic carboxylic acids is 1. The highest BCUT2D eigenvalue weighted by molar-refractivity contribution is 7.94. The zero-order valence-corrected chi connectivity index (χ0v) is 11.8. The standard InChI is InChI=1S/C11H10N2O5S2/c1-6-10(19-11(16)12-6)20(17,18)13-8-4-2-3-7(5-8)9(14)15/h2-5,13H,1H3,(H,12,16)(H,14,15). The molecule has 106 valence electrons. The first kappa shape index (κ1) is 14.3. The van der Waals surface area contributed by atoms with Gasteiger partial charge < -0.3 is 10.1 Å². The molecule has 1 heterocycles. The molecule has 0 fully saturated rings. The summed E-state index contributed by atoms with van der Waals surface area (Å²) in [6, 6.07) is 5.40. The van der Waals surface area contributed by atoms with Crippen molar-refractivity contribution in [1.82, 2.24) is 4.98 Å². The lowest BCUT2D eigenvalue weighted by Gasteiger charge is -2.07. The molecule has 7 nitrogen and oxygen atoms in total. The van der Waals surface area contributed by atoms with Crippen molar-refractivity contribution in [3.8, 4) is 0 Å². The van der Waals surface area contributed by atoms with Gasteiger partial charge in [0.15, 0.2) is 4.21 Å². The van der Waals surface area contributed by atoms with Crippen LogP contribution in [0.5, 0.6) is 0 Å². The van der Waals surface area contributed by atoms with Crippen molar-refractivity contribution in [2.75, 3.05) is 4.72 Å². The largest absolute Gasteiger partial charge is 0.478 e. The Labute approximate surface area is 118 Å². The maximum Gasteiger partial charge on any atom is 0.335 e. The summed E-state index contributed by atoms with van der Waals surface area (Å²) in [4.78, 5) is 23.9. The van der Waals surface area contributed by atoms with Gasteiger partial charge in [0.2, 0.25) is 0 Å². The smallest absolute Gasteiger partial charge is 0.335 e. The quantitative estimate of drug-likeness (QED) is 0.785. The van der Waals surface area contributed by atoms with Crippen LogP contribution >= 0.6 is 11.3 Å². The number of anilines is 1. The molecule has 0 aliphatic rings. The van der Waals surface area contributed by atoms with Crippen molar-refractivity contribution >= 4 is 33.0 Å². The van der Waals surface area contributed by atoms with E-state index < -0.39 is 20.9 Å². The third-order valence-electron chi connectivity index (χ3n) is 2.39. The van der Waals surface area contributed by atoms with Gasteiger partial charge in [-0.2, -0.15) is 0 Å². The summed E-state index contributed by atoms with van der Waals surface area (Å²) in [7, 11) is -3.92. The highest BCUT2D eigenvalue weighted by Gasteiger charge is 2.21. The molecule has 0 saturated carbocycles. The fourth-order valence-electron chi connectivity index (χ4n) is 1.56. The minimum Gasteiger partial charge on any atom is -0.478 e. The van der Waals surface area contributed by atoms with Gasteiger partial charge in [-0.15, -0.1) is 0 Å². The van der Waals surface area contributed by atoms with Crippen LogP contribution in [0.15, 0.2) is 33.3 Å². The van der Waals surface area contributed by atoms with E-state index in [1.165, 1.54) is 31.2 Å². The number of nitrogens with one attached hydrogen (secondary N) is 2. The molecule has 0 amide bonds. The highest BCUT2D eigenvalue weighted by atomic mass is 32.2. The van der Waals surface area contributed by atoms with E-state index in [0.717, 1.165) is 0 Å². The van der Waals surface area contributed by atoms with Gasteiger partial charge in [0.05, 0.1) is 5.56 Å². The first-order valence-electron chi connectivity index (χ1n) is 5.35. The fraction of sp³-hybridized carbons (Fsp3) is 0.0909. The molecule has 0 radical (unpaired) electrons. The van der Waals surface area contributed by atoms with Crippen LogP contribution in [0.3, 0.4) is 0 Å². The molecule has 0 atom stereocenters. The van der Waals surface area contributed by atoms with Gasteiger partial charge in [0, 0.05) is 11.4 Å². The maximum atomic E-state index is 12.1. The number of aromatic nitrogens is 1. The molecular formula is C11H10N2O5S2. The Morgan fingerprint density at radius 3 is 2.65 bits per heavy atom. The molecule has 2 aromatic rings. The van der Waals surface area contributed by atoms with Crippen LogP contribution in [0.25, 0.3) is 0 Å². The van der Waals surface area contributed by atoms with Crippen LogP contribution in [0.1, 0.15) is 16.1 Å². The number of rotatable bonds is 4. The minimum absolute atomic E-state index is 0.0378. The van der Waals surface area contributed by atoms with E-state index in [9.17, 15) is 18.0 Å². The second-order valence-electron chi connectivity index (χ2n) is 3.92. The van der Waals surface area contributed by atoms with Gasteiger partial charge in [-0.25, -0.2) is 13.2 Å². The van der Waals surface area contributed by atoms with Crippen molar-refractivity contribution in [3.05, 3.63) is 45.2 Å². The molecule has 3 N–H and O–H groups in total. The zero-order chi connectivity index (χ0) is 14.9. The van der Waals surface area contributed by atoms with Gasteiger partial charge in [0.25, 0.3) is 10.0 Å². The Morgan fingerprint density at radius 2 is 2.10 bits per heavy atom. The molecular weight excluding hydrogens is 304 g/mol. The predicted molar refractivity (Wildman–Crippen MR) is 73.9 cm³/mol. The molecule has 9 heteroatoms. The maximum absolute atomic E-state index is 12.1. The predicted octanol–water partition coefficient (Wildman–Crippen LogP) is 1.24. The lowest BCUT2D eigenvalue weighted by atomic mass is 10.2. The molecule has 1 aromatic carbocycles. The summed E-state index contributed by atoms with van der Waals surface area (Å²) in [6.45, 7) is 1.47. The summed E-state index contributed by atoms with van der Waals surface area (Å²) in [5.74, 6) is -1.16. The van der Waals surface area contributed by atoms with E-state index in [0.29, 0.717) is 11.3 Å². The van der Waals surface area contributed by atoms with Crippen LogP contribution in [0.2, 0.25) is 0 Å². The minimum atomic E-state index is -3.92. The van der Waals surface area contributed by atoms with E-state index >= 15 is 0 Å². The number of hydrogen-bond acceptors (Lipinski definition) is 5. The van der Waals surface area contributed by atoms with E-state index in [1.807, 2.05) is 0 Å². The monoisotopic (exact) mass is 314 g/mol. The second kappa shape index (κ2) is 5.10. The van der Waals surface area contributed by atoms with Gasteiger partial charge in [-0.05, 0) is 25.1 Å². The number of benzene rings is 1. The van der Waals surface area contributed by atoms with Crippen molar-refractivity contribution in [3.63, 3.8) is 0 Å². The van der Waals surface area contributed by atoms with Gasteiger partial charge in [0.1, 0.15) is 0 Å². The molecule has 0 bridgehead atoms. The average Bonchev–Trinajstić information content (AvgIpc) is 2.69. The number of thiazole rings is 1. The van der Waals surface area contributed by atoms with Crippen LogP contribution in [-0.2, 0) is 10.0 Å². The van der Waals surface area contributed by atoms with Crippen LogP contribution in [0, 0.1) is 6.92 Å². The number of carboxylic acid groups (broad SMARTS) is 1. The summed E-state index contributed by atoms with van der Waals surface area (Å²) < 4.78 is 26.3. The van der Waals surface area contributed by atoms with E-state index in [2.05, 4.69) is 9.71 Å². The number of aryl methyl sites for hydroxylation is 1. The van der Waals surface area contributed by atoms with Gasteiger partial charge in [-0.1, -0.05) is 17.4 Å². The molecule has 2 rings (SSSR count). The lowest BCUT2D eigenvalue weighted by Crippen LogP contribution is -2.13. The van der Waals surface area contributed by atoms with Crippen molar-refractivity contribution in [2.45, 2.75) is 11.1 Å². The van der Waals surface area contributed by atoms with Gasteiger partial charge >= 0.3 is 10.8 Å².